The molecule has 6 nitrogen and oxygen atoms in total. The minimum Gasteiger partial charge on any atom is -0.493 e. The third kappa shape index (κ3) is 3.20. The number of hydrogen-bond acceptors (Lipinski definition) is 4. The Morgan fingerprint density at radius 1 is 1.30 bits per heavy atom. The van der Waals surface area contributed by atoms with Crippen molar-refractivity contribution in [3.05, 3.63) is 29.3 Å². The molecule has 146 valence electrons. The van der Waals surface area contributed by atoms with Gasteiger partial charge in [0.05, 0.1) is 13.2 Å². The molecular weight excluding hydrogens is 344 g/mol. The number of carbonyl (C=O) groups excluding carboxylic acids is 2. The maximum Gasteiger partial charge on any atom is 0.254 e. The number of ether oxygens (including phenoxy) is 1. The zero-order chi connectivity index (χ0) is 19.0. The maximum absolute atomic E-state index is 13.3. The average molecular weight is 372 g/mol. The van der Waals surface area contributed by atoms with Gasteiger partial charge in [0.25, 0.3) is 5.91 Å². The zero-order valence-electron chi connectivity index (χ0n) is 15.9. The van der Waals surface area contributed by atoms with Crippen LogP contribution in [0, 0.1) is 5.41 Å². The van der Waals surface area contributed by atoms with E-state index in [4.69, 9.17) is 4.74 Å². The second kappa shape index (κ2) is 7.15. The van der Waals surface area contributed by atoms with Crippen molar-refractivity contribution >= 4 is 11.8 Å². The molecule has 2 atom stereocenters. The van der Waals surface area contributed by atoms with Crippen LogP contribution in [0.15, 0.2) is 18.2 Å². The number of likely N-dealkylation sites (tertiary alicyclic amines) is 2. The van der Waals surface area contributed by atoms with Crippen LogP contribution < -0.4 is 4.74 Å². The summed E-state index contributed by atoms with van der Waals surface area (Å²) in [6.07, 6.45) is 4.34. The molecule has 2 saturated heterocycles. The molecule has 6 heteroatoms. The molecule has 0 aliphatic carbocycles. The summed E-state index contributed by atoms with van der Waals surface area (Å²) in [4.78, 5) is 29.0. The molecule has 0 spiro atoms. The number of carbonyl (C=O) groups is 2. The topological polar surface area (TPSA) is 70.1 Å². The van der Waals surface area contributed by atoms with Crippen LogP contribution in [-0.4, -0.2) is 65.6 Å². The Kier molecular flexibility index (Phi) is 4.84. The minimum atomic E-state index is -0.408. The van der Waals surface area contributed by atoms with Crippen LogP contribution in [0.2, 0.25) is 0 Å². The largest absolute Gasteiger partial charge is 0.493 e. The van der Waals surface area contributed by atoms with Gasteiger partial charge in [0.15, 0.2) is 0 Å². The van der Waals surface area contributed by atoms with Gasteiger partial charge >= 0.3 is 0 Å². The van der Waals surface area contributed by atoms with Gasteiger partial charge in [-0.1, -0.05) is 0 Å². The van der Waals surface area contributed by atoms with Crippen molar-refractivity contribution in [2.75, 3.05) is 32.8 Å². The van der Waals surface area contributed by atoms with Gasteiger partial charge in [-0.3, -0.25) is 9.59 Å². The van der Waals surface area contributed by atoms with Crippen molar-refractivity contribution in [1.29, 1.82) is 0 Å². The molecule has 3 aliphatic heterocycles. The van der Waals surface area contributed by atoms with Crippen LogP contribution in [0.4, 0.5) is 0 Å². The Hall–Kier alpha value is -2.08. The van der Waals surface area contributed by atoms with E-state index in [-0.39, 0.29) is 24.5 Å². The van der Waals surface area contributed by atoms with E-state index in [1.807, 2.05) is 28.0 Å². The van der Waals surface area contributed by atoms with Gasteiger partial charge in [-0.15, -0.1) is 0 Å². The number of aliphatic hydroxyl groups excluding tert-OH is 1. The predicted molar refractivity (Wildman–Crippen MR) is 101 cm³/mol. The summed E-state index contributed by atoms with van der Waals surface area (Å²) in [5.74, 6) is 0.956. The first-order valence-electron chi connectivity index (χ1n) is 9.97. The van der Waals surface area contributed by atoms with E-state index >= 15 is 0 Å². The molecule has 0 unspecified atom stereocenters. The van der Waals surface area contributed by atoms with Crippen LogP contribution in [0.1, 0.15) is 48.5 Å². The standard InChI is InChI=1S/C21H28N2O4/c1-15(25)22-10-7-19-21(13-22,14-24)8-3-9-23(19)20(26)17-5-6-18-16(12-17)4-2-11-27-18/h5-6,12,19,24H,2-4,7-11,13-14H2,1H3/t19-,21-/m1/s1. The van der Waals surface area contributed by atoms with E-state index in [2.05, 4.69) is 0 Å². The Balaban J connectivity index is 1.60. The predicted octanol–water partition coefficient (Wildman–Crippen LogP) is 1.85. The molecule has 3 aliphatic rings. The lowest BCUT2D eigenvalue weighted by molar-refractivity contribution is -0.138. The van der Waals surface area contributed by atoms with Crippen LogP contribution in [-0.2, 0) is 11.2 Å². The van der Waals surface area contributed by atoms with Crippen molar-refractivity contribution in [2.45, 2.75) is 45.1 Å². The number of hydrogen-bond donors (Lipinski definition) is 1. The van der Waals surface area contributed by atoms with E-state index in [9.17, 15) is 14.7 Å². The molecule has 0 saturated carbocycles. The Morgan fingerprint density at radius 3 is 2.93 bits per heavy atom. The molecule has 0 radical (unpaired) electrons. The minimum absolute atomic E-state index is 0.00323. The van der Waals surface area contributed by atoms with E-state index in [1.54, 1.807) is 6.92 Å². The quantitative estimate of drug-likeness (QED) is 0.860. The van der Waals surface area contributed by atoms with E-state index < -0.39 is 5.41 Å². The molecule has 0 bridgehead atoms. The van der Waals surface area contributed by atoms with Gasteiger partial charge in [0, 0.05) is 43.6 Å². The highest BCUT2D eigenvalue weighted by Crippen LogP contribution is 2.42. The van der Waals surface area contributed by atoms with Crippen LogP contribution >= 0.6 is 0 Å². The van der Waals surface area contributed by atoms with Crippen molar-refractivity contribution < 1.29 is 19.4 Å². The molecular formula is C21H28N2O4. The monoisotopic (exact) mass is 372 g/mol. The number of fused-ring (bicyclic) bond motifs is 2. The van der Waals surface area contributed by atoms with Crippen molar-refractivity contribution in [3.8, 4) is 5.75 Å². The normalized spacial score (nSPS) is 27.4. The second-order valence-corrected chi connectivity index (χ2v) is 8.14. The van der Waals surface area contributed by atoms with Crippen LogP contribution in [0.25, 0.3) is 0 Å². The van der Waals surface area contributed by atoms with E-state index in [1.165, 1.54) is 0 Å². The van der Waals surface area contributed by atoms with Crippen molar-refractivity contribution in [1.82, 2.24) is 9.80 Å². The van der Waals surface area contributed by atoms with Gasteiger partial charge in [-0.2, -0.15) is 0 Å². The van der Waals surface area contributed by atoms with Crippen molar-refractivity contribution in [2.24, 2.45) is 5.41 Å². The Labute approximate surface area is 160 Å². The zero-order valence-corrected chi connectivity index (χ0v) is 15.9. The molecule has 1 N–H and O–H groups in total. The molecule has 1 aromatic rings. The van der Waals surface area contributed by atoms with Crippen LogP contribution in [0.5, 0.6) is 5.75 Å². The SMILES string of the molecule is CC(=O)N1CC[C@H]2N(C(=O)c3ccc4c(c3)CCCO4)CCC[C@]2(CO)C1. The number of piperidine rings is 2. The van der Waals surface area contributed by atoms with Gasteiger partial charge in [0.1, 0.15) is 5.75 Å². The highest BCUT2D eigenvalue weighted by atomic mass is 16.5. The fourth-order valence-corrected chi connectivity index (χ4v) is 5.04. The summed E-state index contributed by atoms with van der Waals surface area (Å²) >= 11 is 0. The lowest BCUT2D eigenvalue weighted by Crippen LogP contribution is -2.64. The molecule has 3 heterocycles. The average Bonchev–Trinajstić information content (AvgIpc) is 2.71. The van der Waals surface area contributed by atoms with E-state index in [0.717, 1.165) is 50.0 Å². The van der Waals surface area contributed by atoms with Crippen molar-refractivity contribution in [3.63, 3.8) is 0 Å². The van der Waals surface area contributed by atoms with E-state index in [0.29, 0.717) is 25.2 Å². The summed E-state index contributed by atoms with van der Waals surface area (Å²) in [7, 11) is 0. The summed E-state index contributed by atoms with van der Waals surface area (Å²) in [6, 6.07) is 5.71. The van der Waals surface area contributed by atoms with Gasteiger partial charge < -0.3 is 19.6 Å². The van der Waals surface area contributed by atoms with Gasteiger partial charge in [-0.25, -0.2) is 0 Å². The number of rotatable bonds is 2. The Bertz CT molecular complexity index is 750. The highest BCUT2D eigenvalue weighted by Gasteiger charge is 2.49. The van der Waals surface area contributed by atoms with Crippen LogP contribution in [0.3, 0.4) is 0 Å². The molecule has 2 fully saturated rings. The number of aryl methyl sites for hydroxylation is 1. The molecule has 2 amide bonds. The van der Waals surface area contributed by atoms with Gasteiger partial charge in [-0.05, 0) is 55.9 Å². The number of nitrogens with zero attached hydrogens (tertiary/aromatic N) is 2. The number of benzene rings is 1. The molecule has 27 heavy (non-hydrogen) atoms. The smallest absolute Gasteiger partial charge is 0.254 e. The summed E-state index contributed by atoms with van der Waals surface area (Å²) < 4.78 is 5.66. The third-order valence-electron chi connectivity index (χ3n) is 6.51. The first kappa shape index (κ1) is 18.3. The highest BCUT2D eigenvalue weighted by molar-refractivity contribution is 5.95. The Morgan fingerprint density at radius 2 is 2.15 bits per heavy atom. The second-order valence-electron chi connectivity index (χ2n) is 8.14. The first-order chi connectivity index (χ1) is 13.0. The first-order valence-corrected chi connectivity index (χ1v) is 9.97. The summed E-state index contributed by atoms with van der Waals surface area (Å²) in [5, 5.41) is 10.2. The maximum atomic E-state index is 13.3. The molecule has 4 rings (SSSR count). The molecule has 0 aromatic heterocycles. The summed E-state index contributed by atoms with van der Waals surface area (Å²) in [6.45, 7) is 4.20. The molecule has 1 aromatic carbocycles. The lowest BCUT2D eigenvalue weighted by Gasteiger charge is -2.54. The number of aliphatic hydroxyl groups is 1. The van der Waals surface area contributed by atoms with Gasteiger partial charge in [0.2, 0.25) is 5.91 Å². The number of amides is 2. The fraction of sp³-hybridized carbons (Fsp3) is 0.619. The fourth-order valence-electron chi connectivity index (χ4n) is 5.04. The third-order valence-corrected chi connectivity index (χ3v) is 6.51. The summed E-state index contributed by atoms with van der Waals surface area (Å²) in [5.41, 5.74) is 1.39. The lowest BCUT2D eigenvalue weighted by atomic mass is 9.69.